The fraction of sp³-hybridized carbons (Fsp3) is 0.429. The summed E-state index contributed by atoms with van der Waals surface area (Å²) in [6.07, 6.45) is 0. The molecule has 1 unspecified atom stereocenters. The van der Waals surface area contributed by atoms with Crippen LogP contribution in [0.1, 0.15) is 22.8 Å². The number of aliphatic hydroxyl groups is 1. The normalized spacial score (nSPS) is 11.7. The van der Waals surface area contributed by atoms with Crippen molar-refractivity contribution < 1.29 is 14.7 Å². The predicted molar refractivity (Wildman–Crippen MR) is 72.8 cm³/mol. The van der Waals surface area contributed by atoms with E-state index in [0.717, 1.165) is 5.56 Å². The van der Waals surface area contributed by atoms with Crippen LogP contribution in [-0.2, 0) is 4.79 Å². The van der Waals surface area contributed by atoms with Gasteiger partial charge in [0.2, 0.25) is 5.91 Å². The van der Waals surface area contributed by atoms with Gasteiger partial charge in [-0.1, -0.05) is 24.6 Å². The molecule has 0 aliphatic carbocycles. The first-order chi connectivity index (χ1) is 9.02. The van der Waals surface area contributed by atoms with Gasteiger partial charge in [-0.2, -0.15) is 0 Å². The third kappa shape index (κ3) is 5.52. The first-order valence-electron chi connectivity index (χ1n) is 6.25. The minimum absolute atomic E-state index is 0.0106. The number of aliphatic hydroxyl groups excluding tert-OH is 1. The van der Waals surface area contributed by atoms with Crippen LogP contribution in [0, 0.1) is 12.8 Å². The van der Waals surface area contributed by atoms with Gasteiger partial charge in [0.15, 0.2) is 0 Å². The molecule has 0 aromatic heterocycles. The van der Waals surface area contributed by atoms with Crippen LogP contribution in [-0.4, -0.2) is 36.6 Å². The number of carbonyl (C=O) groups excluding carboxylic acids is 2. The SMILES string of the molecule is Cc1cccc(C(=O)NCC(=O)NCC(C)CO)c1. The number of carbonyl (C=O) groups is 2. The zero-order valence-electron chi connectivity index (χ0n) is 11.3. The molecule has 104 valence electrons. The second-order valence-corrected chi connectivity index (χ2v) is 4.64. The van der Waals surface area contributed by atoms with E-state index in [9.17, 15) is 9.59 Å². The second kappa shape index (κ2) is 7.53. The Hall–Kier alpha value is -1.88. The fourth-order valence-corrected chi connectivity index (χ4v) is 1.46. The summed E-state index contributed by atoms with van der Waals surface area (Å²) in [6.45, 7) is 4.09. The number of benzene rings is 1. The van der Waals surface area contributed by atoms with Crippen LogP contribution in [0.3, 0.4) is 0 Å². The Kier molecular flexibility index (Phi) is 6.02. The Balaban J connectivity index is 2.36. The van der Waals surface area contributed by atoms with Crippen LogP contribution in [0.5, 0.6) is 0 Å². The lowest BCUT2D eigenvalue weighted by Gasteiger charge is -2.10. The molecule has 1 aromatic carbocycles. The molecule has 2 amide bonds. The molecular formula is C14H20N2O3. The van der Waals surface area contributed by atoms with Gasteiger partial charge >= 0.3 is 0 Å². The van der Waals surface area contributed by atoms with Gasteiger partial charge in [-0.15, -0.1) is 0 Å². The van der Waals surface area contributed by atoms with Gasteiger partial charge in [0.1, 0.15) is 0 Å². The lowest BCUT2D eigenvalue weighted by molar-refractivity contribution is -0.120. The molecule has 1 atom stereocenters. The van der Waals surface area contributed by atoms with Gasteiger partial charge in [-0.05, 0) is 25.0 Å². The van der Waals surface area contributed by atoms with Crippen molar-refractivity contribution in [1.29, 1.82) is 0 Å². The van der Waals surface area contributed by atoms with E-state index in [0.29, 0.717) is 12.1 Å². The zero-order valence-corrected chi connectivity index (χ0v) is 11.3. The fourth-order valence-electron chi connectivity index (χ4n) is 1.46. The predicted octanol–water partition coefficient (Wildman–Crippen LogP) is 0.469. The molecule has 3 N–H and O–H groups in total. The van der Waals surface area contributed by atoms with Gasteiger partial charge in [0.25, 0.3) is 5.91 Å². The summed E-state index contributed by atoms with van der Waals surface area (Å²) >= 11 is 0. The van der Waals surface area contributed by atoms with Gasteiger partial charge in [0, 0.05) is 18.7 Å². The molecule has 5 nitrogen and oxygen atoms in total. The highest BCUT2D eigenvalue weighted by atomic mass is 16.3. The summed E-state index contributed by atoms with van der Waals surface area (Å²) in [6, 6.07) is 7.17. The van der Waals surface area contributed by atoms with Crippen molar-refractivity contribution in [3.8, 4) is 0 Å². The summed E-state index contributed by atoms with van der Waals surface area (Å²) in [5.41, 5.74) is 1.53. The molecule has 0 heterocycles. The maximum Gasteiger partial charge on any atom is 0.251 e. The van der Waals surface area contributed by atoms with Crippen LogP contribution in [0.15, 0.2) is 24.3 Å². The van der Waals surface area contributed by atoms with E-state index in [1.54, 1.807) is 18.2 Å². The Morgan fingerprint density at radius 3 is 2.68 bits per heavy atom. The third-order valence-electron chi connectivity index (χ3n) is 2.65. The standard InChI is InChI=1S/C14H20N2O3/c1-10-4-3-5-12(6-10)14(19)16-8-13(18)15-7-11(2)9-17/h3-6,11,17H,7-9H2,1-2H3,(H,15,18)(H,16,19). The number of nitrogens with one attached hydrogen (secondary N) is 2. The lowest BCUT2D eigenvalue weighted by Crippen LogP contribution is -2.39. The van der Waals surface area contributed by atoms with Gasteiger partial charge < -0.3 is 15.7 Å². The quantitative estimate of drug-likeness (QED) is 0.699. The van der Waals surface area contributed by atoms with E-state index >= 15 is 0 Å². The van der Waals surface area contributed by atoms with Crippen molar-refractivity contribution in [2.24, 2.45) is 5.92 Å². The maximum atomic E-state index is 11.8. The maximum absolute atomic E-state index is 11.8. The molecular weight excluding hydrogens is 244 g/mol. The molecule has 1 aromatic rings. The highest BCUT2D eigenvalue weighted by molar-refractivity contribution is 5.96. The number of aryl methyl sites for hydroxylation is 1. The van der Waals surface area contributed by atoms with Crippen LogP contribution in [0.25, 0.3) is 0 Å². The molecule has 0 aliphatic rings. The van der Waals surface area contributed by atoms with Gasteiger partial charge in [-0.3, -0.25) is 9.59 Å². The van der Waals surface area contributed by atoms with Crippen molar-refractivity contribution in [2.45, 2.75) is 13.8 Å². The Morgan fingerprint density at radius 2 is 2.05 bits per heavy atom. The van der Waals surface area contributed by atoms with E-state index in [1.807, 2.05) is 19.9 Å². The number of amides is 2. The molecule has 19 heavy (non-hydrogen) atoms. The summed E-state index contributed by atoms with van der Waals surface area (Å²) in [5, 5.41) is 14.0. The summed E-state index contributed by atoms with van der Waals surface area (Å²) in [7, 11) is 0. The average molecular weight is 264 g/mol. The average Bonchev–Trinajstić information content (AvgIpc) is 2.41. The first-order valence-corrected chi connectivity index (χ1v) is 6.25. The first kappa shape index (κ1) is 15.2. The van der Waals surface area contributed by atoms with Crippen LogP contribution in [0.4, 0.5) is 0 Å². The van der Waals surface area contributed by atoms with Crippen LogP contribution >= 0.6 is 0 Å². The topological polar surface area (TPSA) is 78.4 Å². The van der Waals surface area contributed by atoms with Crippen molar-refractivity contribution in [3.63, 3.8) is 0 Å². The minimum atomic E-state index is -0.269. The highest BCUT2D eigenvalue weighted by Crippen LogP contribution is 2.03. The molecule has 0 fully saturated rings. The van der Waals surface area contributed by atoms with Gasteiger partial charge in [0.05, 0.1) is 6.54 Å². The molecule has 0 saturated heterocycles. The molecule has 0 bridgehead atoms. The van der Waals surface area contributed by atoms with E-state index in [2.05, 4.69) is 10.6 Å². The van der Waals surface area contributed by atoms with Gasteiger partial charge in [-0.25, -0.2) is 0 Å². The number of rotatable bonds is 6. The molecule has 0 saturated carbocycles. The molecule has 0 radical (unpaired) electrons. The molecule has 0 spiro atoms. The monoisotopic (exact) mass is 264 g/mol. The lowest BCUT2D eigenvalue weighted by atomic mass is 10.1. The Bertz CT molecular complexity index is 446. The summed E-state index contributed by atoms with van der Waals surface area (Å²) in [5.74, 6) is -0.521. The Morgan fingerprint density at radius 1 is 1.32 bits per heavy atom. The van der Waals surface area contributed by atoms with Crippen molar-refractivity contribution in [3.05, 3.63) is 35.4 Å². The summed E-state index contributed by atoms with van der Waals surface area (Å²) in [4.78, 5) is 23.2. The van der Waals surface area contributed by atoms with E-state index in [1.165, 1.54) is 0 Å². The van der Waals surface area contributed by atoms with E-state index < -0.39 is 0 Å². The highest BCUT2D eigenvalue weighted by Gasteiger charge is 2.08. The van der Waals surface area contributed by atoms with Crippen LogP contribution < -0.4 is 10.6 Å². The molecule has 0 aliphatic heterocycles. The zero-order chi connectivity index (χ0) is 14.3. The minimum Gasteiger partial charge on any atom is -0.396 e. The summed E-state index contributed by atoms with van der Waals surface area (Å²) < 4.78 is 0. The van der Waals surface area contributed by atoms with E-state index in [-0.39, 0.29) is 30.9 Å². The third-order valence-corrected chi connectivity index (χ3v) is 2.65. The largest absolute Gasteiger partial charge is 0.396 e. The Labute approximate surface area is 113 Å². The number of hydrogen-bond donors (Lipinski definition) is 3. The molecule has 5 heteroatoms. The van der Waals surface area contributed by atoms with E-state index in [4.69, 9.17) is 5.11 Å². The molecule has 1 rings (SSSR count). The second-order valence-electron chi connectivity index (χ2n) is 4.64. The van der Waals surface area contributed by atoms with Crippen molar-refractivity contribution in [2.75, 3.05) is 19.7 Å². The number of hydrogen-bond acceptors (Lipinski definition) is 3. The van der Waals surface area contributed by atoms with Crippen molar-refractivity contribution >= 4 is 11.8 Å². The van der Waals surface area contributed by atoms with Crippen molar-refractivity contribution in [1.82, 2.24) is 10.6 Å². The smallest absolute Gasteiger partial charge is 0.251 e. The van der Waals surface area contributed by atoms with Crippen LogP contribution in [0.2, 0.25) is 0 Å².